The minimum Gasteiger partial charge on any atom is -0.0882 e. The highest BCUT2D eigenvalue weighted by molar-refractivity contribution is 4.92. The van der Waals surface area contributed by atoms with Gasteiger partial charge in [-0.2, -0.15) is 0 Å². The standard InChI is InChI=1S/C18H33/c1-3-5-7-9-11-13-15-17-18-16-14-12-10-8-6-4-2/h7,9,13,15H,1,3-6,8,10-12,14,16-18H2,2H3. The Labute approximate surface area is 116 Å². The Bertz CT molecular complexity index is 188. The van der Waals surface area contributed by atoms with Crippen molar-refractivity contribution in [3.8, 4) is 0 Å². The van der Waals surface area contributed by atoms with Crippen molar-refractivity contribution in [2.75, 3.05) is 0 Å². The fourth-order valence-electron chi connectivity index (χ4n) is 2.02. The van der Waals surface area contributed by atoms with Crippen LogP contribution < -0.4 is 0 Å². The summed E-state index contributed by atoms with van der Waals surface area (Å²) in [6.45, 7) is 6.09. The summed E-state index contributed by atoms with van der Waals surface area (Å²) in [6, 6.07) is 0. The van der Waals surface area contributed by atoms with Gasteiger partial charge in [0.2, 0.25) is 0 Å². The van der Waals surface area contributed by atoms with Crippen LogP contribution in [-0.4, -0.2) is 0 Å². The maximum absolute atomic E-state index is 3.82. The molecule has 0 bridgehead atoms. The summed E-state index contributed by atoms with van der Waals surface area (Å²) in [5, 5.41) is 0. The highest BCUT2D eigenvalue weighted by atomic mass is 14.0. The van der Waals surface area contributed by atoms with Crippen LogP contribution in [0.2, 0.25) is 0 Å². The summed E-state index contributed by atoms with van der Waals surface area (Å²) in [7, 11) is 0. The molecule has 0 unspecified atom stereocenters. The predicted octanol–water partition coefficient (Wildman–Crippen LogP) is 6.63. The van der Waals surface area contributed by atoms with Crippen molar-refractivity contribution in [2.24, 2.45) is 0 Å². The molecular formula is C18H33. The maximum atomic E-state index is 3.82. The Morgan fingerprint density at radius 2 is 1.22 bits per heavy atom. The van der Waals surface area contributed by atoms with Gasteiger partial charge in [-0.15, -0.1) is 0 Å². The highest BCUT2D eigenvalue weighted by Crippen LogP contribution is 2.09. The van der Waals surface area contributed by atoms with E-state index in [9.17, 15) is 0 Å². The van der Waals surface area contributed by atoms with Crippen LogP contribution in [0.5, 0.6) is 0 Å². The molecule has 0 saturated heterocycles. The molecule has 18 heavy (non-hydrogen) atoms. The third-order valence-corrected chi connectivity index (χ3v) is 3.20. The van der Waals surface area contributed by atoms with Gasteiger partial charge in [0, 0.05) is 0 Å². The van der Waals surface area contributed by atoms with Crippen molar-refractivity contribution in [1.29, 1.82) is 0 Å². The molecule has 0 atom stereocenters. The van der Waals surface area contributed by atoms with Crippen LogP contribution in [0.15, 0.2) is 24.3 Å². The highest BCUT2D eigenvalue weighted by Gasteiger charge is 1.90. The summed E-state index contributed by atoms with van der Waals surface area (Å²) >= 11 is 0. The average molecular weight is 249 g/mol. The third-order valence-electron chi connectivity index (χ3n) is 3.20. The van der Waals surface area contributed by atoms with Crippen LogP contribution in [0.4, 0.5) is 0 Å². The van der Waals surface area contributed by atoms with E-state index in [-0.39, 0.29) is 0 Å². The summed E-state index contributed by atoms with van der Waals surface area (Å²) in [5.41, 5.74) is 0. The zero-order valence-electron chi connectivity index (χ0n) is 12.5. The normalized spacial score (nSPS) is 11.9. The van der Waals surface area contributed by atoms with Gasteiger partial charge in [0.15, 0.2) is 0 Å². The van der Waals surface area contributed by atoms with Crippen LogP contribution in [0.25, 0.3) is 0 Å². The van der Waals surface area contributed by atoms with Crippen molar-refractivity contribution < 1.29 is 0 Å². The second kappa shape index (κ2) is 16.5. The number of rotatable bonds is 13. The molecule has 0 heteroatoms. The van der Waals surface area contributed by atoms with E-state index in [1.165, 1.54) is 57.8 Å². The predicted molar refractivity (Wildman–Crippen MR) is 84.7 cm³/mol. The van der Waals surface area contributed by atoms with Gasteiger partial charge < -0.3 is 0 Å². The average Bonchev–Trinajstić information content (AvgIpc) is 2.39. The van der Waals surface area contributed by atoms with Crippen molar-refractivity contribution in [2.45, 2.75) is 84.0 Å². The first-order chi connectivity index (χ1) is 8.91. The second-order valence-electron chi connectivity index (χ2n) is 5.08. The fraction of sp³-hybridized carbons (Fsp3) is 0.722. The molecule has 0 aliphatic carbocycles. The summed E-state index contributed by atoms with van der Waals surface area (Å²) in [6.07, 6.45) is 24.9. The zero-order valence-corrected chi connectivity index (χ0v) is 12.5. The first kappa shape index (κ1) is 17.5. The van der Waals surface area contributed by atoms with E-state index < -0.39 is 0 Å². The molecule has 0 amide bonds. The number of unbranched alkanes of at least 4 members (excludes halogenated alkanes) is 9. The second-order valence-corrected chi connectivity index (χ2v) is 5.08. The molecular weight excluding hydrogens is 216 g/mol. The first-order valence-electron chi connectivity index (χ1n) is 8.01. The number of allylic oxidation sites excluding steroid dienone is 4. The lowest BCUT2D eigenvalue weighted by atomic mass is 10.1. The quantitative estimate of drug-likeness (QED) is 0.254. The smallest absolute Gasteiger partial charge is 0.0169 e. The molecule has 1 radical (unpaired) electrons. The van der Waals surface area contributed by atoms with Gasteiger partial charge in [-0.1, -0.05) is 83.1 Å². The van der Waals surface area contributed by atoms with Gasteiger partial charge >= 0.3 is 0 Å². The van der Waals surface area contributed by atoms with Crippen molar-refractivity contribution in [1.82, 2.24) is 0 Å². The summed E-state index contributed by atoms with van der Waals surface area (Å²) in [4.78, 5) is 0. The van der Waals surface area contributed by atoms with Gasteiger partial charge in [-0.05, 0) is 32.1 Å². The maximum Gasteiger partial charge on any atom is -0.0169 e. The molecule has 0 aromatic rings. The minimum absolute atomic E-state index is 1.01. The lowest BCUT2D eigenvalue weighted by Crippen LogP contribution is -1.79. The molecule has 0 nitrogen and oxygen atoms in total. The molecule has 0 rings (SSSR count). The van der Waals surface area contributed by atoms with Gasteiger partial charge in [-0.25, -0.2) is 0 Å². The van der Waals surface area contributed by atoms with E-state index in [2.05, 4.69) is 38.2 Å². The van der Waals surface area contributed by atoms with Crippen LogP contribution >= 0.6 is 0 Å². The van der Waals surface area contributed by atoms with Crippen LogP contribution in [0.1, 0.15) is 84.0 Å². The van der Waals surface area contributed by atoms with E-state index >= 15 is 0 Å². The SMILES string of the molecule is [CH2]CCC=CCC=CCCCCCCCCCC. The molecule has 0 aliphatic rings. The van der Waals surface area contributed by atoms with Crippen LogP contribution in [0.3, 0.4) is 0 Å². The topological polar surface area (TPSA) is 0 Å². The largest absolute Gasteiger partial charge is 0.0882 e. The number of hydrogen-bond acceptors (Lipinski definition) is 0. The van der Waals surface area contributed by atoms with E-state index in [1.54, 1.807) is 0 Å². The Balaban J connectivity index is 3.08. The fourth-order valence-corrected chi connectivity index (χ4v) is 2.02. The van der Waals surface area contributed by atoms with Gasteiger partial charge in [0.25, 0.3) is 0 Å². The van der Waals surface area contributed by atoms with Gasteiger partial charge in [-0.3, -0.25) is 0 Å². The molecule has 0 aromatic carbocycles. The molecule has 105 valence electrons. The Morgan fingerprint density at radius 1 is 0.667 bits per heavy atom. The van der Waals surface area contributed by atoms with E-state index in [1.807, 2.05) is 0 Å². The van der Waals surface area contributed by atoms with E-state index in [4.69, 9.17) is 0 Å². The minimum atomic E-state index is 1.01. The van der Waals surface area contributed by atoms with Crippen LogP contribution in [0, 0.1) is 6.92 Å². The van der Waals surface area contributed by atoms with Crippen molar-refractivity contribution >= 4 is 0 Å². The summed E-state index contributed by atoms with van der Waals surface area (Å²) < 4.78 is 0. The molecule has 0 aliphatic heterocycles. The Hall–Kier alpha value is -0.520. The molecule has 0 spiro atoms. The van der Waals surface area contributed by atoms with E-state index in [0.29, 0.717) is 0 Å². The van der Waals surface area contributed by atoms with Gasteiger partial charge in [0.05, 0.1) is 0 Å². The lowest BCUT2D eigenvalue weighted by Gasteiger charge is -1.99. The molecule has 0 heterocycles. The molecule has 0 N–H and O–H groups in total. The van der Waals surface area contributed by atoms with E-state index in [0.717, 1.165) is 19.3 Å². The molecule has 0 fully saturated rings. The Kier molecular flexibility index (Phi) is 16.0. The Morgan fingerprint density at radius 3 is 1.83 bits per heavy atom. The first-order valence-corrected chi connectivity index (χ1v) is 8.01. The van der Waals surface area contributed by atoms with Crippen molar-refractivity contribution in [3.05, 3.63) is 31.2 Å². The lowest BCUT2D eigenvalue weighted by molar-refractivity contribution is 0.577. The van der Waals surface area contributed by atoms with Crippen molar-refractivity contribution in [3.63, 3.8) is 0 Å². The number of hydrogen-bond donors (Lipinski definition) is 0. The molecule has 0 aromatic heterocycles. The zero-order chi connectivity index (χ0) is 13.3. The third kappa shape index (κ3) is 15.5. The van der Waals surface area contributed by atoms with Gasteiger partial charge in [0.1, 0.15) is 0 Å². The molecule has 0 saturated carbocycles. The summed E-state index contributed by atoms with van der Waals surface area (Å²) in [5.74, 6) is 0. The monoisotopic (exact) mass is 249 g/mol. The van der Waals surface area contributed by atoms with Crippen LogP contribution in [-0.2, 0) is 0 Å².